The van der Waals surface area contributed by atoms with Crippen molar-refractivity contribution in [2.75, 3.05) is 20.2 Å². The normalized spacial score (nSPS) is 15.6. The van der Waals surface area contributed by atoms with Gasteiger partial charge in [-0.2, -0.15) is 0 Å². The summed E-state index contributed by atoms with van der Waals surface area (Å²) in [5.41, 5.74) is 5.21. The van der Waals surface area contributed by atoms with Crippen LogP contribution in [0.3, 0.4) is 0 Å². The molecule has 0 atom stereocenters. The van der Waals surface area contributed by atoms with E-state index in [1.54, 1.807) is 7.11 Å². The Hall–Kier alpha value is -1.74. The Kier molecular flexibility index (Phi) is 3.07. The van der Waals surface area contributed by atoms with Gasteiger partial charge >= 0.3 is 0 Å². The molecule has 0 saturated heterocycles. The fourth-order valence-corrected chi connectivity index (χ4v) is 2.92. The first-order chi connectivity index (χ1) is 9.20. The molecule has 1 aromatic heterocycles. The molecule has 2 heterocycles. The topological polar surface area (TPSA) is 26.2 Å². The third kappa shape index (κ3) is 2.04. The summed E-state index contributed by atoms with van der Waals surface area (Å²) < 4.78 is 7.71. The van der Waals surface area contributed by atoms with Crippen LogP contribution in [0.2, 0.25) is 0 Å². The lowest BCUT2D eigenvalue weighted by atomic mass is 9.99. The van der Waals surface area contributed by atoms with Crippen molar-refractivity contribution in [2.45, 2.75) is 13.3 Å². The van der Waals surface area contributed by atoms with Crippen molar-refractivity contribution >= 4 is 16.5 Å². The maximum absolute atomic E-state index is 5.54. The maximum atomic E-state index is 5.54. The molecule has 0 bridgehead atoms. The van der Waals surface area contributed by atoms with Crippen LogP contribution in [0.5, 0.6) is 5.75 Å². The third-order valence-corrected chi connectivity index (χ3v) is 3.81. The minimum atomic E-state index is 0.957. The van der Waals surface area contributed by atoms with Gasteiger partial charge in [0.05, 0.1) is 12.6 Å². The second-order valence-corrected chi connectivity index (χ2v) is 5.20. The molecule has 19 heavy (non-hydrogen) atoms. The fourth-order valence-electron chi connectivity index (χ4n) is 2.92. The molecule has 100 valence electrons. The predicted octanol–water partition coefficient (Wildman–Crippen LogP) is 2.87. The highest BCUT2D eigenvalue weighted by molar-refractivity contribution is 5.97. The lowest BCUT2D eigenvalue weighted by molar-refractivity contribution is 0.417. The number of nitrogens with zero attached hydrogens (tertiary/aromatic N) is 1. The zero-order valence-electron chi connectivity index (χ0n) is 11.8. The molecule has 3 rings (SSSR count). The Morgan fingerprint density at radius 1 is 1.32 bits per heavy atom. The van der Waals surface area contributed by atoms with Crippen LogP contribution >= 0.6 is 0 Å². The van der Waals surface area contributed by atoms with Gasteiger partial charge in [0.2, 0.25) is 0 Å². The van der Waals surface area contributed by atoms with E-state index in [2.05, 4.69) is 48.3 Å². The van der Waals surface area contributed by atoms with Crippen LogP contribution in [0.1, 0.15) is 17.5 Å². The number of aromatic nitrogens is 1. The van der Waals surface area contributed by atoms with Gasteiger partial charge in [0.25, 0.3) is 0 Å². The number of fused-ring (bicyclic) bond motifs is 1. The number of rotatable bonds is 2. The van der Waals surface area contributed by atoms with E-state index in [1.807, 2.05) is 0 Å². The summed E-state index contributed by atoms with van der Waals surface area (Å²) in [5.74, 6) is 0.957. The van der Waals surface area contributed by atoms with Crippen LogP contribution in [0.4, 0.5) is 0 Å². The Morgan fingerprint density at radius 3 is 2.84 bits per heavy atom. The molecule has 0 saturated carbocycles. The van der Waals surface area contributed by atoms with Crippen molar-refractivity contribution in [2.24, 2.45) is 7.05 Å². The number of nitrogens with one attached hydrogen (secondary N) is 1. The quantitative estimate of drug-likeness (QED) is 0.894. The van der Waals surface area contributed by atoms with Crippen LogP contribution in [0.15, 0.2) is 24.4 Å². The van der Waals surface area contributed by atoms with E-state index in [1.165, 1.54) is 27.6 Å². The highest BCUT2D eigenvalue weighted by Crippen LogP contribution is 2.35. The monoisotopic (exact) mass is 256 g/mol. The fraction of sp³-hybridized carbons (Fsp3) is 0.375. The molecule has 0 fully saturated rings. The van der Waals surface area contributed by atoms with Crippen LogP contribution in [-0.2, 0) is 7.05 Å². The summed E-state index contributed by atoms with van der Waals surface area (Å²) in [6.45, 7) is 4.15. The van der Waals surface area contributed by atoms with Crippen molar-refractivity contribution in [3.63, 3.8) is 0 Å². The summed E-state index contributed by atoms with van der Waals surface area (Å²) in [5, 5.41) is 4.66. The first kappa shape index (κ1) is 12.3. The second-order valence-electron chi connectivity index (χ2n) is 5.20. The lowest BCUT2D eigenvalue weighted by Gasteiger charge is -2.13. The molecular formula is C16H20N2O. The van der Waals surface area contributed by atoms with Crippen molar-refractivity contribution in [1.29, 1.82) is 0 Å². The molecule has 3 nitrogen and oxygen atoms in total. The van der Waals surface area contributed by atoms with Gasteiger partial charge in [-0.15, -0.1) is 0 Å². The number of hydrogen-bond donors (Lipinski definition) is 1. The molecule has 1 aliphatic rings. The average molecular weight is 256 g/mol. The lowest BCUT2D eigenvalue weighted by Crippen LogP contribution is -2.19. The van der Waals surface area contributed by atoms with Gasteiger partial charge < -0.3 is 14.6 Å². The molecule has 1 N–H and O–H groups in total. The molecule has 0 unspecified atom stereocenters. The molecule has 0 spiro atoms. The van der Waals surface area contributed by atoms with Crippen molar-refractivity contribution in [3.05, 3.63) is 35.5 Å². The number of ether oxygens (including phenoxy) is 1. The zero-order valence-corrected chi connectivity index (χ0v) is 11.8. The van der Waals surface area contributed by atoms with Crippen molar-refractivity contribution < 1.29 is 4.74 Å². The summed E-state index contributed by atoms with van der Waals surface area (Å²) in [6.07, 6.45) is 5.62. The second kappa shape index (κ2) is 4.74. The van der Waals surface area contributed by atoms with E-state index in [4.69, 9.17) is 4.74 Å². The molecule has 0 aliphatic carbocycles. The third-order valence-electron chi connectivity index (χ3n) is 3.81. The van der Waals surface area contributed by atoms with Gasteiger partial charge in [-0.3, -0.25) is 0 Å². The highest BCUT2D eigenvalue weighted by atomic mass is 16.5. The number of methoxy groups -OCH3 is 1. The molecule has 2 aromatic rings. The summed E-state index contributed by atoms with van der Waals surface area (Å²) >= 11 is 0. The molecule has 1 aliphatic heterocycles. The van der Waals surface area contributed by atoms with Gasteiger partial charge in [-0.05, 0) is 43.2 Å². The maximum Gasteiger partial charge on any atom is 0.143 e. The van der Waals surface area contributed by atoms with Crippen LogP contribution in [-0.4, -0.2) is 24.8 Å². The number of aryl methyl sites for hydroxylation is 2. The Bertz CT molecular complexity index is 652. The Morgan fingerprint density at radius 2 is 2.16 bits per heavy atom. The van der Waals surface area contributed by atoms with Crippen LogP contribution in [0, 0.1) is 6.92 Å². The van der Waals surface area contributed by atoms with Crippen LogP contribution in [0.25, 0.3) is 16.5 Å². The van der Waals surface area contributed by atoms with Gasteiger partial charge in [0.15, 0.2) is 0 Å². The predicted molar refractivity (Wildman–Crippen MR) is 79.7 cm³/mol. The molecule has 1 aromatic carbocycles. The van der Waals surface area contributed by atoms with E-state index in [0.29, 0.717) is 0 Å². The van der Waals surface area contributed by atoms with Crippen molar-refractivity contribution in [3.8, 4) is 5.75 Å². The van der Waals surface area contributed by atoms with Gasteiger partial charge in [-0.1, -0.05) is 6.08 Å². The Balaban J connectivity index is 2.26. The van der Waals surface area contributed by atoms with Crippen molar-refractivity contribution in [1.82, 2.24) is 9.88 Å². The standard InChI is InChI=1S/C16H20N2O/c1-11-8-13-14(12-4-6-17-7-5-12)10-18(2)16(13)15(9-11)19-3/h4,8-10,17H,5-7H2,1-3H3. The minimum Gasteiger partial charge on any atom is -0.495 e. The molecule has 0 amide bonds. The van der Waals surface area contributed by atoms with E-state index in [0.717, 1.165) is 25.3 Å². The first-order valence-corrected chi connectivity index (χ1v) is 6.74. The first-order valence-electron chi connectivity index (χ1n) is 6.74. The van der Waals surface area contributed by atoms with E-state index in [9.17, 15) is 0 Å². The number of benzene rings is 1. The van der Waals surface area contributed by atoms with Gasteiger partial charge in [-0.25, -0.2) is 0 Å². The summed E-state index contributed by atoms with van der Waals surface area (Å²) in [7, 11) is 3.83. The van der Waals surface area contributed by atoms with Gasteiger partial charge in [0.1, 0.15) is 5.75 Å². The smallest absolute Gasteiger partial charge is 0.143 e. The summed E-state index contributed by atoms with van der Waals surface area (Å²) in [6, 6.07) is 4.36. The highest BCUT2D eigenvalue weighted by Gasteiger charge is 2.15. The average Bonchev–Trinajstić information content (AvgIpc) is 2.76. The molecular weight excluding hydrogens is 236 g/mol. The molecule has 0 radical (unpaired) electrons. The molecule has 3 heteroatoms. The van der Waals surface area contributed by atoms with E-state index in [-0.39, 0.29) is 0 Å². The number of hydrogen-bond acceptors (Lipinski definition) is 2. The van der Waals surface area contributed by atoms with Crippen LogP contribution < -0.4 is 10.1 Å². The zero-order chi connectivity index (χ0) is 13.4. The van der Waals surface area contributed by atoms with Gasteiger partial charge in [0, 0.05) is 30.7 Å². The SMILES string of the molecule is COc1cc(C)cc2c(C3=CCNCC3)cn(C)c12. The minimum absolute atomic E-state index is 0.957. The van der Waals surface area contributed by atoms with E-state index < -0.39 is 0 Å². The van der Waals surface area contributed by atoms with E-state index >= 15 is 0 Å². The largest absolute Gasteiger partial charge is 0.495 e. The summed E-state index contributed by atoms with van der Waals surface area (Å²) in [4.78, 5) is 0. The Labute approximate surface area is 113 Å².